The molecular formula is C14H22N2O2S. The molecule has 2 rings (SSSR count). The Labute approximate surface area is 118 Å². The Morgan fingerprint density at radius 1 is 1.47 bits per heavy atom. The van der Waals surface area contributed by atoms with Crippen LogP contribution in [-0.4, -0.2) is 29.1 Å². The second-order valence-corrected chi connectivity index (χ2v) is 6.22. The number of aromatic nitrogens is 1. The van der Waals surface area contributed by atoms with E-state index in [4.69, 9.17) is 5.11 Å². The van der Waals surface area contributed by atoms with Crippen LogP contribution in [0.25, 0.3) is 0 Å². The third-order valence-electron chi connectivity index (χ3n) is 4.12. The lowest BCUT2D eigenvalue weighted by atomic mass is 9.84. The molecule has 0 bridgehead atoms. The SMILES string of the molecule is CCC1CCC(N(C)c2nc(CC(=O)O)cs2)CC1. The summed E-state index contributed by atoms with van der Waals surface area (Å²) < 4.78 is 0. The van der Waals surface area contributed by atoms with Crippen molar-refractivity contribution in [2.24, 2.45) is 5.92 Å². The van der Waals surface area contributed by atoms with E-state index >= 15 is 0 Å². The van der Waals surface area contributed by atoms with Crippen molar-refractivity contribution in [2.75, 3.05) is 11.9 Å². The highest BCUT2D eigenvalue weighted by Gasteiger charge is 2.24. The molecule has 0 unspecified atom stereocenters. The summed E-state index contributed by atoms with van der Waals surface area (Å²) in [6.07, 6.45) is 6.37. The Bertz CT molecular complexity index is 425. The van der Waals surface area contributed by atoms with E-state index in [9.17, 15) is 4.79 Å². The fourth-order valence-electron chi connectivity index (χ4n) is 2.79. The zero-order valence-corrected chi connectivity index (χ0v) is 12.4. The number of anilines is 1. The first-order valence-corrected chi connectivity index (χ1v) is 7.87. The van der Waals surface area contributed by atoms with E-state index in [0.717, 1.165) is 11.0 Å². The van der Waals surface area contributed by atoms with Gasteiger partial charge in [0, 0.05) is 18.5 Å². The van der Waals surface area contributed by atoms with Gasteiger partial charge in [-0.2, -0.15) is 0 Å². The second-order valence-electron chi connectivity index (χ2n) is 5.39. The van der Waals surface area contributed by atoms with Gasteiger partial charge in [-0.1, -0.05) is 13.3 Å². The van der Waals surface area contributed by atoms with Crippen LogP contribution in [0.4, 0.5) is 5.13 Å². The van der Waals surface area contributed by atoms with Crippen molar-refractivity contribution in [1.82, 2.24) is 4.98 Å². The Morgan fingerprint density at radius 2 is 2.16 bits per heavy atom. The highest BCUT2D eigenvalue weighted by Crippen LogP contribution is 2.32. The molecule has 0 atom stereocenters. The van der Waals surface area contributed by atoms with E-state index in [1.165, 1.54) is 32.1 Å². The first kappa shape index (κ1) is 14.3. The Kier molecular flexibility index (Phi) is 4.80. The van der Waals surface area contributed by atoms with Gasteiger partial charge in [0.05, 0.1) is 12.1 Å². The molecule has 1 aromatic rings. The summed E-state index contributed by atoms with van der Waals surface area (Å²) in [5.74, 6) is 0.0754. The van der Waals surface area contributed by atoms with Crippen LogP contribution in [0.15, 0.2) is 5.38 Å². The van der Waals surface area contributed by atoms with E-state index in [1.807, 2.05) is 5.38 Å². The summed E-state index contributed by atoms with van der Waals surface area (Å²) in [7, 11) is 2.08. The molecule has 4 nitrogen and oxygen atoms in total. The fraction of sp³-hybridized carbons (Fsp3) is 0.714. The number of nitrogens with zero attached hydrogens (tertiary/aromatic N) is 2. The van der Waals surface area contributed by atoms with Gasteiger partial charge < -0.3 is 10.0 Å². The summed E-state index contributed by atoms with van der Waals surface area (Å²) in [6, 6.07) is 0.562. The van der Waals surface area contributed by atoms with Gasteiger partial charge in [-0.15, -0.1) is 11.3 Å². The lowest BCUT2D eigenvalue weighted by Crippen LogP contribution is -2.35. The molecule has 19 heavy (non-hydrogen) atoms. The summed E-state index contributed by atoms with van der Waals surface area (Å²) >= 11 is 1.55. The van der Waals surface area contributed by atoms with E-state index in [0.29, 0.717) is 11.7 Å². The van der Waals surface area contributed by atoms with Crippen LogP contribution in [0.5, 0.6) is 0 Å². The van der Waals surface area contributed by atoms with Crippen LogP contribution in [0.3, 0.4) is 0 Å². The third-order valence-corrected chi connectivity index (χ3v) is 5.10. The standard InChI is InChI=1S/C14H22N2O2S/c1-3-10-4-6-12(7-5-10)16(2)14-15-11(9-19-14)8-13(17)18/h9-10,12H,3-8H2,1-2H3,(H,17,18). The molecule has 106 valence electrons. The Hall–Kier alpha value is -1.10. The van der Waals surface area contributed by atoms with Crippen molar-refractivity contribution in [2.45, 2.75) is 51.5 Å². The molecule has 1 saturated carbocycles. The molecule has 0 aromatic carbocycles. The van der Waals surface area contributed by atoms with E-state index in [1.54, 1.807) is 11.3 Å². The predicted molar refractivity (Wildman–Crippen MR) is 77.9 cm³/mol. The lowest BCUT2D eigenvalue weighted by molar-refractivity contribution is -0.136. The molecule has 1 heterocycles. The quantitative estimate of drug-likeness (QED) is 0.901. The van der Waals surface area contributed by atoms with E-state index < -0.39 is 5.97 Å². The van der Waals surface area contributed by atoms with Crippen molar-refractivity contribution in [3.05, 3.63) is 11.1 Å². The number of aliphatic carboxylic acids is 1. The number of rotatable bonds is 5. The predicted octanol–water partition coefficient (Wildman–Crippen LogP) is 3.18. The molecule has 1 aliphatic rings. The van der Waals surface area contributed by atoms with Crippen molar-refractivity contribution < 1.29 is 9.90 Å². The van der Waals surface area contributed by atoms with Gasteiger partial charge in [-0.25, -0.2) is 4.98 Å². The minimum atomic E-state index is -0.817. The zero-order chi connectivity index (χ0) is 13.8. The molecule has 1 N–H and O–H groups in total. The van der Waals surface area contributed by atoms with Gasteiger partial charge in [-0.05, 0) is 31.6 Å². The molecule has 1 fully saturated rings. The van der Waals surface area contributed by atoms with Crippen LogP contribution < -0.4 is 4.90 Å². The van der Waals surface area contributed by atoms with Crippen molar-refractivity contribution in [1.29, 1.82) is 0 Å². The van der Waals surface area contributed by atoms with Crippen molar-refractivity contribution in [3.63, 3.8) is 0 Å². The topological polar surface area (TPSA) is 53.4 Å². The minimum Gasteiger partial charge on any atom is -0.481 e. The highest BCUT2D eigenvalue weighted by atomic mass is 32.1. The largest absolute Gasteiger partial charge is 0.481 e. The maximum Gasteiger partial charge on any atom is 0.309 e. The number of thiazole rings is 1. The molecule has 0 spiro atoms. The van der Waals surface area contributed by atoms with E-state index in [2.05, 4.69) is 23.9 Å². The smallest absolute Gasteiger partial charge is 0.309 e. The normalized spacial score (nSPS) is 23.3. The maximum atomic E-state index is 10.7. The third kappa shape index (κ3) is 3.69. The molecule has 0 saturated heterocycles. The fourth-order valence-corrected chi connectivity index (χ4v) is 3.65. The number of carboxylic acids is 1. The maximum absolute atomic E-state index is 10.7. The lowest BCUT2D eigenvalue weighted by Gasteiger charge is -2.34. The van der Waals surface area contributed by atoms with E-state index in [-0.39, 0.29) is 6.42 Å². The number of carbonyl (C=O) groups is 1. The molecular weight excluding hydrogens is 260 g/mol. The van der Waals surface area contributed by atoms with Crippen LogP contribution in [0.1, 0.15) is 44.7 Å². The highest BCUT2D eigenvalue weighted by molar-refractivity contribution is 7.13. The first-order valence-electron chi connectivity index (χ1n) is 6.99. The Balaban J connectivity index is 1.94. The zero-order valence-electron chi connectivity index (χ0n) is 11.6. The van der Waals surface area contributed by atoms with Gasteiger partial charge in [0.1, 0.15) is 0 Å². The number of hydrogen-bond acceptors (Lipinski definition) is 4. The van der Waals surface area contributed by atoms with Gasteiger partial charge in [0.2, 0.25) is 0 Å². The molecule has 0 radical (unpaired) electrons. The van der Waals surface area contributed by atoms with Crippen LogP contribution in [-0.2, 0) is 11.2 Å². The van der Waals surface area contributed by atoms with Crippen LogP contribution in [0, 0.1) is 5.92 Å². The molecule has 0 amide bonds. The summed E-state index contributed by atoms with van der Waals surface area (Å²) in [5.41, 5.74) is 0.668. The monoisotopic (exact) mass is 282 g/mol. The average Bonchev–Trinajstić information content (AvgIpc) is 2.85. The van der Waals surface area contributed by atoms with Crippen molar-refractivity contribution in [3.8, 4) is 0 Å². The van der Waals surface area contributed by atoms with Crippen LogP contribution in [0.2, 0.25) is 0 Å². The van der Waals surface area contributed by atoms with Gasteiger partial charge in [-0.3, -0.25) is 4.79 Å². The summed E-state index contributed by atoms with van der Waals surface area (Å²) in [5, 5.41) is 11.6. The minimum absolute atomic E-state index is 0.0207. The molecule has 5 heteroatoms. The first-order chi connectivity index (χ1) is 9.10. The molecule has 0 aliphatic heterocycles. The number of carboxylic acid groups (broad SMARTS) is 1. The van der Waals surface area contributed by atoms with Crippen LogP contribution >= 0.6 is 11.3 Å². The van der Waals surface area contributed by atoms with Gasteiger partial charge >= 0.3 is 5.97 Å². The Morgan fingerprint density at radius 3 is 2.74 bits per heavy atom. The average molecular weight is 282 g/mol. The number of hydrogen-bond donors (Lipinski definition) is 1. The van der Waals surface area contributed by atoms with Gasteiger partial charge in [0.15, 0.2) is 5.13 Å². The van der Waals surface area contributed by atoms with Crippen molar-refractivity contribution >= 4 is 22.4 Å². The molecule has 1 aliphatic carbocycles. The second kappa shape index (κ2) is 6.37. The van der Waals surface area contributed by atoms with Gasteiger partial charge in [0.25, 0.3) is 0 Å². The molecule has 1 aromatic heterocycles. The summed E-state index contributed by atoms with van der Waals surface area (Å²) in [4.78, 5) is 17.3. The summed E-state index contributed by atoms with van der Waals surface area (Å²) in [6.45, 7) is 2.27.